The van der Waals surface area contributed by atoms with Crippen LogP contribution >= 0.6 is 0 Å². The van der Waals surface area contributed by atoms with Crippen molar-refractivity contribution in [3.8, 4) is 0 Å². The van der Waals surface area contributed by atoms with Gasteiger partial charge in [-0.3, -0.25) is 4.79 Å². The molecule has 1 rings (SSSR count). The van der Waals surface area contributed by atoms with Crippen molar-refractivity contribution >= 4 is 17.6 Å². The second-order valence-corrected chi connectivity index (χ2v) is 4.49. The van der Waals surface area contributed by atoms with Crippen molar-refractivity contribution in [3.63, 3.8) is 0 Å². The number of carbonyl (C=O) groups is 2. The van der Waals surface area contributed by atoms with Gasteiger partial charge in [0.1, 0.15) is 0 Å². The number of likely N-dealkylation sites (N-methyl/N-ethyl adjacent to an activating group) is 1. The highest BCUT2D eigenvalue weighted by atomic mass is 16.4. The van der Waals surface area contributed by atoms with E-state index in [9.17, 15) is 9.59 Å². The van der Waals surface area contributed by atoms with E-state index in [0.29, 0.717) is 5.69 Å². The summed E-state index contributed by atoms with van der Waals surface area (Å²) < 4.78 is 0. The number of amides is 1. The van der Waals surface area contributed by atoms with Crippen LogP contribution in [-0.4, -0.2) is 30.1 Å². The van der Waals surface area contributed by atoms with Crippen LogP contribution in [0.4, 0.5) is 5.69 Å². The van der Waals surface area contributed by atoms with E-state index >= 15 is 0 Å². The number of nitrogens with zero attached hydrogens (tertiary/aromatic N) is 1. The molecule has 1 amide bonds. The van der Waals surface area contributed by atoms with Crippen molar-refractivity contribution < 1.29 is 14.7 Å². The Bertz CT molecular complexity index is 457. The number of rotatable bonds is 4. The summed E-state index contributed by atoms with van der Waals surface area (Å²) >= 11 is 0. The van der Waals surface area contributed by atoms with E-state index < -0.39 is 12.0 Å². The lowest BCUT2D eigenvalue weighted by atomic mass is 10.0. The van der Waals surface area contributed by atoms with Gasteiger partial charge in [0.15, 0.2) is 0 Å². The maximum Gasteiger partial charge on any atom is 0.337 e. The van der Waals surface area contributed by atoms with E-state index in [1.807, 2.05) is 13.8 Å². The maximum atomic E-state index is 12.1. The normalized spacial score (nSPS) is 12.3. The zero-order chi connectivity index (χ0) is 13.9. The zero-order valence-corrected chi connectivity index (χ0v) is 10.8. The van der Waals surface area contributed by atoms with E-state index in [1.54, 1.807) is 18.2 Å². The predicted molar refractivity (Wildman–Crippen MR) is 69.6 cm³/mol. The van der Waals surface area contributed by atoms with Gasteiger partial charge in [0.05, 0.1) is 17.3 Å². The minimum Gasteiger partial charge on any atom is -0.478 e. The average Bonchev–Trinajstić information content (AvgIpc) is 2.35. The number of benzene rings is 1. The molecule has 18 heavy (non-hydrogen) atoms. The quantitative estimate of drug-likeness (QED) is 0.844. The van der Waals surface area contributed by atoms with Crippen molar-refractivity contribution in [3.05, 3.63) is 29.8 Å². The third-order valence-electron chi connectivity index (χ3n) is 2.83. The fourth-order valence-corrected chi connectivity index (χ4v) is 1.57. The minimum absolute atomic E-state index is 0.00283. The number of carbonyl (C=O) groups excluding carboxylic acids is 1. The van der Waals surface area contributed by atoms with Gasteiger partial charge >= 0.3 is 5.97 Å². The average molecular weight is 250 g/mol. The topological polar surface area (TPSA) is 83.6 Å². The van der Waals surface area contributed by atoms with Gasteiger partial charge in [-0.1, -0.05) is 26.0 Å². The number of carboxylic acid groups (broad SMARTS) is 1. The molecule has 3 N–H and O–H groups in total. The first kappa shape index (κ1) is 14.2. The van der Waals surface area contributed by atoms with Crippen LogP contribution in [0.3, 0.4) is 0 Å². The van der Waals surface area contributed by atoms with E-state index in [2.05, 4.69) is 0 Å². The number of nitrogens with two attached hydrogens (primary N) is 1. The lowest BCUT2D eigenvalue weighted by molar-refractivity contribution is -0.120. The summed E-state index contributed by atoms with van der Waals surface area (Å²) in [5.74, 6) is -1.36. The van der Waals surface area contributed by atoms with Crippen molar-refractivity contribution in [1.82, 2.24) is 0 Å². The third-order valence-corrected chi connectivity index (χ3v) is 2.83. The molecule has 0 bridgehead atoms. The summed E-state index contributed by atoms with van der Waals surface area (Å²) in [4.78, 5) is 24.5. The largest absolute Gasteiger partial charge is 0.478 e. The monoisotopic (exact) mass is 250 g/mol. The number of para-hydroxylation sites is 1. The lowest BCUT2D eigenvalue weighted by Gasteiger charge is -2.24. The Kier molecular flexibility index (Phi) is 4.44. The van der Waals surface area contributed by atoms with Gasteiger partial charge in [0, 0.05) is 7.05 Å². The Hall–Kier alpha value is -1.88. The van der Waals surface area contributed by atoms with Crippen LogP contribution in [0.5, 0.6) is 0 Å². The summed E-state index contributed by atoms with van der Waals surface area (Å²) in [7, 11) is 1.53. The molecule has 0 fully saturated rings. The summed E-state index contributed by atoms with van der Waals surface area (Å²) in [6.07, 6.45) is 0. The highest BCUT2D eigenvalue weighted by Crippen LogP contribution is 2.20. The first-order chi connectivity index (χ1) is 8.36. The second kappa shape index (κ2) is 5.64. The van der Waals surface area contributed by atoms with E-state index in [1.165, 1.54) is 18.0 Å². The number of aromatic carboxylic acids is 1. The number of hydrogen-bond donors (Lipinski definition) is 2. The van der Waals surface area contributed by atoms with E-state index in [0.717, 1.165) is 0 Å². The molecule has 5 nitrogen and oxygen atoms in total. The summed E-state index contributed by atoms with van der Waals surface area (Å²) in [6.45, 7) is 3.69. The van der Waals surface area contributed by atoms with Crippen LogP contribution < -0.4 is 10.6 Å². The van der Waals surface area contributed by atoms with Gasteiger partial charge in [0.25, 0.3) is 0 Å². The molecule has 1 aromatic carbocycles. The molecule has 98 valence electrons. The molecule has 5 heteroatoms. The second-order valence-electron chi connectivity index (χ2n) is 4.49. The summed E-state index contributed by atoms with van der Waals surface area (Å²) in [5.41, 5.74) is 6.23. The van der Waals surface area contributed by atoms with Crippen molar-refractivity contribution in [1.29, 1.82) is 0 Å². The maximum absolute atomic E-state index is 12.1. The SMILES string of the molecule is CC(C)[C@H](N)C(=O)N(C)c1ccccc1C(=O)O. The van der Waals surface area contributed by atoms with Gasteiger partial charge in [-0.2, -0.15) is 0 Å². The first-order valence-electron chi connectivity index (χ1n) is 5.71. The fraction of sp³-hybridized carbons (Fsp3) is 0.385. The first-order valence-corrected chi connectivity index (χ1v) is 5.71. The molecule has 1 atom stereocenters. The molecule has 0 unspecified atom stereocenters. The Balaban J connectivity index is 3.07. The molecule has 0 saturated carbocycles. The third kappa shape index (κ3) is 2.87. The fourth-order valence-electron chi connectivity index (χ4n) is 1.57. The van der Waals surface area contributed by atoms with Crippen molar-refractivity contribution in [2.75, 3.05) is 11.9 Å². The summed E-state index contributed by atoms with van der Waals surface area (Å²) in [5, 5.41) is 9.07. The number of carboxylic acids is 1. The molecule has 0 aliphatic carbocycles. The van der Waals surface area contributed by atoms with Gasteiger partial charge in [-0.05, 0) is 18.1 Å². The Labute approximate surface area is 106 Å². The van der Waals surface area contributed by atoms with Crippen LogP contribution in [-0.2, 0) is 4.79 Å². The Morgan fingerprint density at radius 3 is 2.33 bits per heavy atom. The highest BCUT2D eigenvalue weighted by molar-refractivity contribution is 6.03. The van der Waals surface area contributed by atoms with Gasteiger partial charge in [-0.25, -0.2) is 4.79 Å². The van der Waals surface area contributed by atoms with Crippen LogP contribution in [0.15, 0.2) is 24.3 Å². The molecule has 0 aliphatic heterocycles. The zero-order valence-electron chi connectivity index (χ0n) is 10.8. The molecule has 0 spiro atoms. The molecule has 0 radical (unpaired) electrons. The molecule has 0 saturated heterocycles. The van der Waals surface area contributed by atoms with Crippen LogP contribution in [0.2, 0.25) is 0 Å². The molecule has 0 heterocycles. The van der Waals surface area contributed by atoms with Crippen LogP contribution in [0.1, 0.15) is 24.2 Å². The standard InChI is InChI=1S/C13H18N2O3/c1-8(2)11(14)12(16)15(3)10-7-5-4-6-9(10)13(17)18/h4-8,11H,14H2,1-3H3,(H,17,18)/t11-/m0/s1. The van der Waals surface area contributed by atoms with E-state index in [4.69, 9.17) is 10.8 Å². The van der Waals surface area contributed by atoms with E-state index in [-0.39, 0.29) is 17.4 Å². The number of anilines is 1. The smallest absolute Gasteiger partial charge is 0.337 e. The van der Waals surface area contributed by atoms with Gasteiger partial charge in [-0.15, -0.1) is 0 Å². The van der Waals surface area contributed by atoms with Crippen LogP contribution in [0, 0.1) is 5.92 Å². The Morgan fingerprint density at radius 1 is 1.28 bits per heavy atom. The Morgan fingerprint density at radius 2 is 1.83 bits per heavy atom. The molecule has 0 aliphatic rings. The highest BCUT2D eigenvalue weighted by Gasteiger charge is 2.24. The molecular weight excluding hydrogens is 232 g/mol. The molecule has 0 aromatic heterocycles. The van der Waals surface area contributed by atoms with Crippen molar-refractivity contribution in [2.45, 2.75) is 19.9 Å². The van der Waals surface area contributed by atoms with Crippen molar-refractivity contribution in [2.24, 2.45) is 11.7 Å². The lowest BCUT2D eigenvalue weighted by Crippen LogP contribution is -2.45. The molecule has 1 aromatic rings. The summed E-state index contributed by atoms with van der Waals surface area (Å²) in [6, 6.07) is 5.72. The van der Waals surface area contributed by atoms with Gasteiger partial charge < -0.3 is 15.7 Å². The minimum atomic E-state index is -1.07. The van der Waals surface area contributed by atoms with Crippen LogP contribution in [0.25, 0.3) is 0 Å². The number of hydrogen-bond acceptors (Lipinski definition) is 3. The van der Waals surface area contributed by atoms with Gasteiger partial charge in [0.2, 0.25) is 5.91 Å². The molecular formula is C13H18N2O3. The predicted octanol–water partition coefficient (Wildman–Crippen LogP) is 1.33.